The number of hydrogen-bond acceptors (Lipinski definition) is 4. The Morgan fingerprint density at radius 1 is 1.31 bits per heavy atom. The highest BCUT2D eigenvalue weighted by atomic mass is 16.2. The fourth-order valence-electron chi connectivity index (χ4n) is 4.05. The number of carbonyl (C=O) groups is 1. The molecule has 1 aliphatic carbocycles. The van der Waals surface area contributed by atoms with Crippen LogP contribution in [0, 0.1) is 0 Å². The number of pyridine rings is 2. The van der Waals surface area contributed by atoms with Crippen LogP contribution in [0.1, 0.15) is 40.9 Å². The summed E-state index contributed by atoms with van der Waals surface area (Å²) in [5, 5.41) is 0. The fraction of sp³-hybridized carbons (Fsp3) is 0.450. The molecule has 6 nitrogen and oxygen atoms in total. The number of aromatic amines is 1. The lowest BCUT2D eigenvalue weighted by Gasteiger charge is -2.38. The van der Waals surface area contributed by atoms with Gasteiger partial charge >= 0.3 is 0 Å². The zero-order chi connectivity index (χ0) is 18.1. The van der Waals surface area contributed by atoms with Crippen LogP contribution in [0.2, 0.25) is 0 Å². The summed E-state index contributed by atoms with van der Waals surface area (Å²) in [4.78, 5) is 36.6. The first-order valence-electron chi connectivity index (χ1n) is 9.31. The number of amides is 1. The van der Waals surface area contributed by atoms with E-state index in [0.717, 1.165) is 62.3 Å². The van der Waals surface area contributed by atoms with Gasteiger partial charge in [-0.3, -0.25) is 9.59 Å². The zero-order valence-corrected chi connectivity index (χ0v) is 15.1. The van der Waals surface area contributed by atoms with Gasteiger partial charge in [-0.1, -0.05) is 6.07 Å². The molecule has 3 heterocycles. The molecule has 0 bridgehead atoms. The summed E-state index contributed by atoms with van der Waals surface area (Å²) in [6, 6.07) is 7.76. The normalized spacial score (nSPS) is 19.3. The van der Waals surface area contributed by atoms with Crippen molar-refractivity contribution in [2.75, 3.05) is 25.0 Å². The molecule has 2 aromatic rings. The predicted octanol–water partition coefficient (Wildman–Crippen LogP) is 2.00. The van der Waals surface area contributed by atoms with Crippen molar-refractivity contribution in [2.24, 2.45) is 0 Å². The maximum absolute atomic E-state index is 13.0. The summed E-state index contributed by atoms with van der Waals surface area (Å²) in [5.41, 5.74) is 2.11. The topological polar surface area (TPSA) is 69.3 Å². The Morgan fingerprint density at radius 3 is 3.00 bits per heavy atom. The number of piperidine rings is 1. The molecule has 0 spiro atoms. The van der Waals surface area contributed by atoms with Crippen LogP contribution in [0.15, 0.2) is 35.3 Å². The summed E-state index contributed by atoms with van der Waals surface area (Å²) in [5.74, 6) is 0.752. The highest BCUT2D eigenvalue weighted by Gasteiger charge is 2.29. The second-order valence-electron chi connectivity index (χ2n) is 7.22. The SMILES string of the molecule is CN(C(=O)c1cc2c([nH]c1=O)CCC2)[C@@H]1CCCN(c2ccccn2)C1. The standard InChI is InChI=1S/C20H24N4O2/c1-23(15-7-5-11-24(13-15)18-9-2-3-10-21-18)20(26)16-12-14-6-4-8-17(14)22-19(16)25/h2-3,9-10,12,15H,4-8,11,13H2,1H3,(H,22,25)/t15-/m1/s1. The van der Waals surface area contributed by atoms with Gasteiger partial charge in [-0.25, -0.2) is 4.98 Å². The van der Waals surface area contributed by atoms with E-state index in [-0.39, 0.29) is 23.1 Å². The fourth-order valence-corrected chi connectivity index (χ4v) is 4.05. The van der Waals surface area contributed by atoms with Crippen molar-refractivity contribution in [3.63, 3.8) is 0 Å². The first-order valence-corrected chi connectivity index (χ1v) is 9.31. The molecule has 1 fully saturated rings. The van der Waals surface area contributed by atoms with E-state index in [1.165, 1.54) is 0 Å². The number of anilines is 1. The number of fused-ring (bicyclic) bond motifs is 1. The largest absolute Gasteiger partial charge is 0.355 e. The van der Waals surface area contributed by atoms with E-state index in [2.05, 4.69) is 14.9 Å². The van der Waals surface area contributed by atoms with Crippen molar-refractivity contribution in [2.45, 2.75) is 38.1 Å². The molecule has 0 aromatic carbocycles. The van der Waals surface area contributed by atoms with E-state index in [1.54, 1.807) is 17.2 Å². The van der Waals surface area contributed by atoms with E-state index < -0.39 is 0 Å². The third kappa shape index (κ3) is 3.11. The molecule has 0 radical (unpaired) electrons. The van der Waals surface area contributed by atoms with Crippen LogP contribution >= 0.6 is 0 Å². The molecule has 6 heteroatoms. The average Bonchev–Trinajstić information content (AvgIpc) is 3.14. The molecule has 1 saturated heterocycles. The molecule has 1 aliphatic heterocycles. The number of nitrogens with zero attached hydrogens (tertiary/aromatic N) is 3. The molecule has 26 heavy (non-hydrogen) atoms. The van der Waals surface area contributed by atoms with Crippen LogP contribution in [0.4, 0.5) is 5.82 Å². The van der Waals surface area contributed by atoms with Crippen molar-refractivity contribution in [3.8, 4) is 0 Å². The minimum absolute atomic E-state index is 0.0749. The monoisotopic (exact) mass is 352 g/mol. The Morgan fingerprint density at radius 2 is 2.19 bits per heavy atom. The lowest BCUT2D eigenvalue weighted by Crippen LogP contribution is -2.49. The van der Waals surface area contributed by atoms with Crippen molar-refractivity contribution in [1.82, 2.24) is 14.9 Å². The molecule has 4 rings (SSSR count). The second-order valence-corrected chi connectivity index (χ2v) is 7.22. The van der Waals surface area contributed by atoms with Crippen LogP contribution in [-0.2, 0) is 12.8 Å². The molecular weight excluding hydrogens is 328 g/mol. The molecule has 2 aliphatic rings. The van der Waals surface area contributed by atoms with Gasteiger partial charge in [-0.2, -0.15) is 0 Å². The number of rotatable bonds is 3. The Balaban J connectivity index is 1.53. The van der Waals surface area contributed by atoms with Crippen molar-refractivity contribution in [1.29, 1.82) is 0 Å². The summed E-state index contributed by atoms with van der Waals surface area (Å²) >= 11 is 0. The molecule has 1 N–H and O–H groups in total. The number of hydrogen-bond donors (Lipinski definition) is 1. The van der Waals surface area contributed by atoms with Gasteiger partial charge < -0.3 is 14.8 Å². The maximum atomic E-state index is 13.0. The second kappa shape index (κ2) is 6.94. The van der Waals surface area contributed by atoms with Crippen molar-refractivity contribution >= 4 is 11.7 Å². The molecule has 0 saturated carbocycles. The molecule has 0 unspecified atom stereocenters. The minimum atomic E-state index is -0.264. The number of carbonyl (C=O) groups excluding carboxylic acids is 1. The first kappa shape index (κ1) is 16.8. The number of nitrogens with one attached hydrogen (secondary N) is 1. The van der Waals surface area contributed by atoms with Crippen LogP contribution in [0.5, 0.6) is 0 Å². The van der Waals surface area contributed by atoms with Gasteiger partial charge in [0.1, 0.15) is 11.4 Å². The summed E-state index contributed by atoms with van der Waals surface area (Å²) in [6.45, 7) is 1.68. The maximum Gasteiger partial charge on any atom is 0.261 e. The predicted molar refractivity (Wildman–Crippen MR) is 101 cm³/mol. The van der Waals surface area contributed by atoms with E-state index >= 15 is 0 Å². The first-order chi connectivity index (χ1) is 12.6. The molecule has 1 atom stereocenters. The summed E-state index contributed by atoms with van der Waals surface area (Å²) in [7, 11) is 1.81. The van der Waals surface area contributed by atoms with Gasteiger partial charge in [0.25, 0.3) is 11.5 Å². The lowest BCUT2D eigenvalue weighted by atomic mass is 10.0. The van der Waals surface area contributed by atoms with Gasteiger partial charge in [-0.05, 0) is 55.9 Å². The van der Waals surface area contributed by atoms with Gasteiger partial charge in [0.15, 0.2) is 0 Å². The average molecular weight is 352 g/mol. The molecule has 136 valence electrons. The van der Waals surface area contributed by atoms with Crippen LogP contribution < -0.4 is 10.5 Å². The zero-order valence-electron chi connectivity index (χ0n) is 15.1. The molecule has 2 aromatic heterocycles. The third-order valence-corrected chi connectivity index (χ3v) is 5.56. The van der Waals surface area contributed by atoms with E-state index in [0.29, 0.717) is 0 Å². The smallest absolute Gasteiger partial charge is 0.261 e. The van der Waals surface area contributed by atoms with Gasteiger partial charge in [-0.15, -0.1) is 0 Å². The minimum Gasteiger partial charge on any atom is -0.355 e. The Hall–Kier alpha value is -2.63. The Labute approximate surface area is 152 Å². The number of H-pyrrole nitrogens is 1. The quantitative estimate of drug-likeness (QED) is 0.917. The summed E-state index contributed by atoms with van der Waals surface area (Å²) < 4.78 is 0. The van der Waals surface area contributed by atoms with E-state index in [1.807, 2.05) is 25.2 Å². The lowest BCUT2D eigenvalue weighted by molar-refractivity contribution is 0.0715. The van der Waals surface area contributed by atoms with Crippen molar-refractivity contribution < 1.29 is 4.79 Å². The van der Waals surface area contributed by atoms with Crippen LogP contribution in [-0.4, -0.2) is 47.0 Å². The van der Waals surface area contributed by atoms with Crippen molar-refractivity contribution in [3.05, 3.63) is 57.6 Å². The highest BCUT2D eigenvalue weighted by Crippen LogP contribution is 2.22. The van der Waals surface area contributed by atoms with E-state index in [4.69, 9.17) is 0 Å². The van der Waals surface area contributed by atoms with Crippen LogP contribution in [0.3, 0.4) is 0 Å². The molecular formula is C20H24N4O2. The summed E-state index contributed by atoms with van der Waals surface area (Å²) in [6.07, 6.45) is 6.61. The van der Waals surface area contributed by atoms with Gasteiger partial charge in [0.2, 0.25) is 0 Å². The Kier molecular flexibility index (Phi) is 4.49. The number of aromatic nitrogens is 2. The van der Waals surface area contributed by atoms with Gasteiger partial charge in [0.05, 0.1) is 0 Å². The highest BCUT2D eigenvalue weighted by molar-refractivity contribution is 5.94. The third-order valence-electron chi connectivity index (χ3n) is 5.56. The number of likely N-dealkylation sites (N-methyl/N-ethyl adjacent to an activating group) is 1. The van der Waals surface area contributed by atoms with E-state index in [9.17, 15) is 9.59 Å². The van der Waals surface area contributed by atoms with Gasteiger partial charge in [0, 0.05) is 38.1 Å². The Bertz CT molecular complexity index is 862. The van der Waals surface area contributed by atoms with Crippen LogP contribution in [0.25, 0.3) is 0 Å². The molecule has 1 amide bonds. The number of aryl methyl sites for hydroxylation is 2.